The van der Waals surface area contributed by atoms with Crippen LogP contribution in [0.2, 0.25) is 0 Å². The van der Waals surface area contributed by atoms with Gasteiger partial charge in [0.1, 0.15) is 5.82 Å². The van der Waals surface area contributed by atoms with E-state index in [1.54, 1.807) is 25.3 Å². The Balaban J connectivity index is 2.72. The Kier molecular flexibility index (Phi) is 4.24. The number of rotatable bonds is 5. The molecule has 0 spiro atoms. The van der Waals surface area contributed by atoms with Crippen LogP contribution in [-0.4, -0.2) is 36.1 Å². The summed E-state index contributed by atoms with van der Waals surface area (Å²) in [6.45, 7) is 2.42. The smallest absolute Gasteiger partial charge is 0.153 e. The summed E-state index contributed by atoms with van der Waals surface area (Å²) in [6.07, 6.45) is 2.77. The molecule has 0 aliphatic heterocycles. The maximum absolute atomic E-state index is 10.8. The molecule has 0 aliphatic carbocycles. The first kappa shape index (κ1) is 11.7. The van der Waals surface area contributed by atoms with Crippen molar-refractivity contribution in [2.45, 2.75) is 19.4 Å². The molecule has 1 N–H and O–H groups in total. The molecule has 15 heavy (non-hydrogen) atoms. The van der Waals surface area contributed by atoms with E-state index >= 15 is 0 Å². The monoisotopic (exact) mass is 208 g/mol. The van der Waals surface area contributed by atoms with Gasteiger partial charge in [-0.3, -0.25) is 4.79 Å². The Bertz CT molecular complexity index is 326. The zero-order valence-electron chi connectivity index (χ0n) is 9.05. The number of aromatic nitrogens is 1. The van der Waals surface area contributed by atoms with E-state index in [0.717, 1.165) is 6.29 Å². The van der Waals surface area contributed by atoms with Gasteiger partial charge in [0, 0.05) is 19.8 Å². The van der Waals surface area contributed by atoms with Gasteiger partial charge in [0.2, 0.25) is 0 Å². The Labute approximate surface area is 89.6 Å². The highest BCUT2D eigenvalue weighted by atomic mass is 16.3. The highest BCUT2D eigenvalue weighted by molar-refractivity contribution is 5.82. The Morgan fingerprint density at radius 1 is 1.67 bits per heavy atom. The predicted octanol–water partition coefficient (Wildman–Crippen LogP) is 1.10. The highest BCUT2D eigenvalue weighted by Crippen LogP contribution is 2.13. The first-order chi connectivity index (χ1) is 7.15. The summed E-state index contributed by atoms with van der Waals surface area (Å²) in [7, 11) is 1.86. The maximum atomic E-state index is 10.8. The molecule has 0 bridgehead atoms. The molecular weight excluding hydrogens is 192 g/mol. The van der Waals surface area contributed by atoms with Gasteiger partial charge in [-0.2, -0.15) is 0 Å². The van der Waals surface area contributed by atoms with Crippen molar-refractivity contribution in [2.75, 3.05) is 18.5 Å². The molecule has 1 aromatic heterocycles. The number of carbonyl (C=O) groups is 1. The van der Waals surface area contributed by atoms with Crippen LogP contribution in [-0.2, 0) is 0 Å². The lowest BCUT2D eigenvalue weighted by atomic mass is 10.2. The van der Waals surface area contributed by atoms with E-state index in [1.807, 2.05) is 11.9 Å². The van der Waals surface area contributed by atoms with Crippen molar-refractivity contribution in [1.82, 2.24) is 4.98 Å². The number of pyridine rings is 1. The first-order valence-electron chi connectivity index (χ1n) is 4.94. The number of nitrogens with zero attached hydrogens (tertiary/aromatic N) is 2. The Morgan fingerprint density at radius 3 is 3.00 bits per heavy atom. The average Bonchev–Trinajstić information content (AvgIpc) is 2.25. The van der Waals surface area contributed by atoms with E-state index in [0.29, 0.717) is 24.3 Å². The maximum Gasteiger partial charge on any atom is 0.153 e. The third-order valence-electron chi connectivity index (χ3n) is 2.19. The van der Waals surface area contributed by atoms with Crippen LogP contribution < -0.4 is 4.90 Å². The van der Waals surface area contributed by atoms with E-state index in [-0.39, 0.29) is 6.10 Å². The molecule has 1 unspecified atom stereocenters. The molecule has 0 aliphatic rings. The molecule has 82 valence electrons. The number of anilines is 1. The summed E-state index contributed by atoms with van der Waals surface area (Å²) in [5.41, 5.74) is 0.575. The van der Waals surface area contributed by atoms with Crippen molar-refractivity contribution in [2.24, 2.45) is 0 Å². The van der Waals surface area contributed by atoms with Gasteiger partial charge in [0.15, 0.2) is 6.29 Å². The second-order valence-corrected chi connectivity index (χ2v) is 3.59. The molecule has 0 amide bonds. The van der Waals surface area contributed by atoms with Crippen molar-refractivity contribution in [3.63, 3.8) is 0 Å². The molecule has 1 heterocycles. The molecule has 1 rings (SSSR count). The lowest BCUT2D eigenvalue weighted by molar-refractivity contribution is 0.112. The molecule has 0 saturated heterocycles. The number of aldehydes is 1. The van der Waals surface area contributed by atoms with Gasteiger partial charge in [-0.1, -0.05) is 0 Å². The van der Waals surface area contributed by atoms with Gasteiger partial charge in [0.05, 0.1) is 11.7 Å². The fourth-order valence-corrected chi connectivity index (χ4v) is 1.31. The molecule has 1 atom stereocenters. The third-order valence-corrected chi connectivity index (χ3v) is 2.19. The second kappa shape index (κ2) is 5.46. The Hall–Kier alpha value is -1.42. The van der Waals surface area contributed by atoms with Crippen molar-refractivity contribution < 1.29 is 9.90 Å². The summed E-state index contributed by atoms with van der Waals surface area (Å²) in [6, 6.07) is 3.46. The van der Waals surface area contributed by atoms with Gasteiger partial charge in [-0.25, -0.2) is 4.98 Å². The second-order valence-electron chi connectivity index (χ2n) is 3.59. The summed E-state index contributed by atoms with van der Waals surface area (Å²) in [5, 5.41) is 9.16. The van der Waals surface area contributed by atoms with Gasteiger partial charge in [-0.05, 0) is 25.5 Å². The molecule has 0 radical (unpaired) electrons. The minimum absolute atomic E-state index is 0.337. The van der Waals surface area contributed by atoms with Crippen molar-refractivity contribution in [3.8, 4) is 0 Å². The predicted molar refractivity (Wildman–Crippen MR) is 59.2 cm³/mol. The van der Waals surface area contributed by atoms with Gasteiger partial charge >= 0.3 is 0 Å². The summed E-state index contributed by atoms with van der Waals surface area (Å²) >= 11 is 0. The summed E-state index contributed by atoms with van der Waals surface area (Å²) in [4.78, 5) is 16.8. The molecular formula is C11H16N2O2. The molecule has 4 nitrogen and oxygen atoms in total. The minimum Gasteiger partial charge on any atom is -0.393 e. The fraction of sp³-hybridized carbons (Fsp3) is 0.455. The molecule has 0 saturated carbocycles. The van der Waals surface area contributed by atoms with Crippen molar-refractivity contribution in [3.05, 3.63) is 23.9 Å². The fourth-order valence-electron chi connectivity index (χ4n) is 1.31. The van der Waals surface area contributed by atoms with Crippen molar-refractivity contribution >= 4 is 12.1 Å². The summed E-state index contributed by atoms with van der Waals surface area (Å²) < 4.78 is 0. The number of hydrogen-bond acceptors (Lipinski definition) is 4. The van der Waals surface area contributed by atoms with Crippen LogP contribution in [0.3, 0.4) is 0 Å². The zero-order chi connectivity index (χ0) is 11.3. The zero-order valence-corrected chi connectivity index (χ0v) is 9.05. The van der Waals surface area contributed by atoms with Crippen LogP contribution in [0.25, 0.3) is 0 Å². The van der Waals surface area contributed by atoms with Gasteiger partial charge in [-0.15, -0.1) is 0 Å². The van der Waals surface area contributed by atoms with Crippen LogP contribution in [0.5, 0.6) is 0 Å². The van der Waals surface area contributed by atoms with Gasteiger partial charge in [0.25, 0.3) is 0 Å². The third kappa shape index (κ3) is 3.32. The van der Waals surface area contributed by atoms with E-state index < -0.39 is 0 Å². The van der Waals surface area contributed by atoms with E-state index in [2.05, 4.69) is 4.98 Å². The lowest BCUT2D eigenvalue weighted by Gasteiger charge is -2.19. The molecule has 0 fully saturated rings. The highest BCUT2D eigenvalue weighted by Gasteiger charge is 2.08. The lowest BCUT2D eigenvalue weighted by Crippen LogP contribution is -2.23. The van der Waals surface area contributed by atoms with Gasteiger partial charge < -0.3 is 10.0 Å². The topological polar surface area (TPSA) is 53.4 Å². The van der Waals surface area contributed by atoms with Crippen LogP contribution in [0, 0.1) is 0 Å². The van der Waals surface area contributed by atoms with Crippen LogP contribution in [0.15, 0.2) is 18.3 Å². The number of hydrogen-bond donors (Lipinski definition) is 1. The standard InChI is InChI=1S/C11H16N2O2/c1-9(15)5-7-13(2)11-10(8-14)4-3-6-12-11/h3-4,6,8-9,15H,5,7H2,1-2H3. The largest absolute Gasteiger partial charge is 0.393 e. The molecule has 4 heteroatoms. The van der Waals surface area contributed by atoms with Crippen LogP contribution in [0.1, 0.15) is 23.7 Å². The van der Waals surface area contributed by atoms with Crippen LogP contribution >= 0.6 is 0 Å². The Morgan fingerprint density at radius 2 is 2.40 bits per heavy atom. The quantitative estimate of drug-likeness (QED) is 0.736. The first-order valence-corrected chi connectivity index (χ1v) is 4.94. The average molecular weight is 208 g/mol. The normalized spacial score (nSPS) is 12.2. The molecule has 0 aromatic carbocycles. The SMILES string of the molecule is CC(O)CCN(C)c1ncccc1C=O. The molecule has 1 aromatic rings. The van der Waals surface area contributed by atoms with E-state index in [1.165, 1.54) is 0 Å². The minimum atomic E-state index is -0.337. The van der Waals surface area contributed by atoms with E-state index in [9.17, 15) is 4.79 Å². The summed E-state index contributed by atoms with van der Waals surface area (Å²) in [5.74, 6) is 0.660. The number of aliphatic hydroxyl groups excluding tert-OH is 1. The van der Waals surface area contributed by atoms with Crippen LogP contribution in [0.4, 0.5) is 5.82 Å². The number of aliphatic hydroxyl groups is 1. The van der Waals surface area contributed by atoms with Crippen molar-refractivity contribution in [1.29, 1.82) is 0 Å². The number of carbonyl (C=O) groups excluding carboxylic acids is 1. The van der Waals surface area contributed by atoms with E-state index in [4.69, 9.17) is 5.11 Å².